The van der Waals surface area contributed by atoms with Crippen LogP contribution >= 0.6 is 0 Å². The molecule has 4 aromatic rings. The van der Waals surface area contributed by atoms with Gasteiger partial charge in [-0.25, -0.2) is 0 Å². The molecule has 35 heavy (non-hydrogen) atoms. The largest absolute Gasteiger partial charge is 0.350 e. The average molecular weight is 466 g/mol. The van der Waals surface area contributed by atoms with Gasteiger partial charge in [-0.1, -0.05) is 60.7 Å². The molecule has 1 saturated heterocycles. The Labute approximate surface area is 206 Å². The minimum absolute atomic E-state index is 0.0363. The van der Waals surface area contributed by atoms with Crippen LogP contribution in [-0.4, -0.2) is 40.4 Å². The maximum atomic E-state index is 13.9. The SMILES string of the molecule is Cc1ccc(-c2ccccc2)c(C(=O)N2CCC[C@@H](NC(=O)c3cn(C)c4ccccc34)C2)c1C. The molecule has 1 fully saturated rings. The molecule has 5 heteroatoms. The van der Waals surface area contributed by atoms with Crippen LogP contribution in [0.1, 0.15) is 44.7 Å². The Bertz CT molecular complexity index is 1400. The van der Waals surface area contributed by atoms with Crippen LogP contribution in [0.3, 0.4) is 0 Å². The van der Waals surface area contributed by atoms with Crippen LogP contribution in [-0.2, 0) is 7.05 Å². The topological polar surface area (TPSA) is 54.3 Å². The quantitative estimate of drug-likeness (QED) is 0.433. The number of piperidine rings is 1. The monoisotopic (exact) mass is 465 g/mol. The van der Waals surface area contributed by atoms with Gasteiger partial charge in [-0.05, 0) is 55.0 Å². The van der Waals surface area contributed by atoms with E-state index in [1.54, 1.807) is 0 Å². The van der Waals surface area contributed by atoms with Crippen molar-refractivity contribution in [2.45, 2.75) is 32.7 Å². The summed E-state index contributed by atoms with van der Waals surface area (Å²) < 4.78 is 1.98. The maximum Gasteiger partial charge on any atom is 0.254 e. The first-order chi connectivity index (χ1) is 16.9. The fourth-order valence-corrected chi connectivity index (χ4v) is 5.17. The molecular formula is C30H31N3O2. The third-order valence-electron chi connectivity index (χ3n) is 7.22. The number of nitrogens with one attached hydrogen (secondary N) is 1. The second kappa shape index (κ2) is 9.41. The van der Waals surface area contributed by atoms with Crippen LogP contribution in [0.5, 0.6) is 0 Å². The summed E-state index contributed by atoms with van der Waals surface area (Å²) in [5.41, 5.74) is 6.58. The number of nitrogens with zero attached hydrogens (tertiary/aromatic N) is 2. The third kappa shape index (κ3) is 4.34. The van der Waals surface area contributed by atoms with Crippen molar-refractivity contribution < 1.29 is 9.59 Å². The molecule has 0 bridgehead atoms. The highest BCUT2D eigenvalue weighted by molar-refractivity contribution is 6.07. The molecule has 0 aliphatic carbocycles. The van der Waals surface area contributed by atoms with E-state index in [1.807, 2.05) is 91.2 Å². The van der Waals surface area contributed by atoms with Crippen LogP contribution in [0, 0.1) is 13.8 Å². The van der Waals surface area contributed by atoms with E-state index in [9.17, 15) is 9.59 Å². The van der Waals surface area contributed by atoms with Crippen molar-refractivity contribution in [2.75, 3.05) is 13.1 Å². The molecule has 1 aliphatic heterocycles. The molecule has 1 aromatic heterocycles. The summed E-state index contributed by atoms with van der Waals surface area (Å²) in [4.78, 5) is 29.0. The third-order valence-corrected chi connectivity index (χ3v) is 7.22. The lowest BCUT2D eigenvalue weighted by Crippen LogP contribution is -2.49. The molecule has 2 amide bonds. The molecule has 1 atom stereocenters. The molecule has 0 unspecified atom stereocenters. The van der Waals surface area contributed by atoms with Crippen molar-refractivity contribution >= 4 is 22.7 Å². The number of benzene rings is 3. The minimum Gasteiger partial charge on any atom is -0.350 e. The van der Waals surface area contributed by atoms with E-state index in [4.69, 9.17) is 0 Å². The smallest absolute Gasteiger partial charge is 0.254 e. The van der Waals surface area contributed by atoms with Gasteiger partial charge in [-0.15, -0.1) is 0 Å². The number of aromatic nitrogens is 1. The van der Waals surface area contributed by atoms with Crippen LogP contribution in [0.15, 0.2) is 72.9 Å². The number of fused-ring (bicyclic) bond motifs is 1. The van der Waals surface area contributed by atoms with Gasteiger partial charge in [-0.2, -0.15) is 0 Å². The molecule has 178 valence electrons. The predicted octanol–water partition coefficient (Wildman–Crippen LogP) is 5.50. The number of amides is 2. The van der Waals surface area contributed by atoms with E-state index in [1.165, 1.54) is 0 Å². The first kappa shape index (κ1) is 22.9. The fraction of sp³-hybridized carbons (Fsp3) is 0.267. The van der Waals surface area contributed by atoms with Crippen LogP contribution in [0.2, 0.25) is 0 Å². The Morgan fingerprint density at radius 1 is 0.943 bits per heavy atom. The highest BCUT2D eigenvalue weighted by Gasteiger charge is 2.29. The maximum absolute atomic E-state index is 13.9. The predicted molar refractivity (Wildman–Crippen MR) is 141 cm³/mol. The number of hydrogen-bond donors (Lipinski definition) is 1. The normalized spacial score (nSPS) is 15.9. The first-order valence-corrected chi connectivity index (χ1v) is 12.2. The van der Waals surface area contributed by atoms with Gasteiger partial charge in [0.25, 0.3) is 11.8 Å². The van der Waals surface area contributed by atoms with E-state index in [0.29, 0.717) is 18.7 Å². The lowest BCUT2D eigenvalue weighted by atomic mass is 9.91. The Kier molecular flexibility index (Phi) is 6.16. The fourth-order valence-electron chi connectivity index (χ4n) is 5.17. The van der Waals surface area contributed by atoms with Crippen molar-refractivity contribution in [2.24, 2.45) is 7.05 Å². The molecule has 5 rings (SSSR count). The number of para-hydroxylation sites is 1. The van der Waals surface area contributed by atoms with Crippen LogP contribution in [0.25, 0.3) is 22.0 Å². The Hall–Kier alpha value is -3.86. The van der Waals surface area contributed by atoms with Crippen LogP contribution in [0.4, 0.5) is 0 Å². The van der Waals surface area contributed by atoms with E-state index in [2.05, 4.69) is 17.4 Å². The molecule has 1 N–H and O–H groups in total. The summed E-state index contributed by atoms with van der Waals surface area (Å²) in [6.07, 6.45) is 3.60. The Morgan fingerprint density at radius 2 is 1.69 bits per heavy atom. The second-order valence-electron chi connectivity index (χ2n) is 9.53. The average Bonchev–Trinajstić information content (AvgIpc) is 3.22. The number of carbonyl (C=O) groups excluding carboxylic acids is 2. The highest BCUT2D eigenvalue weighted by Crippen LogP contribution is 2.30. The van der Waals surface area contributed by atoms with Crippen molar-refractivity contribution in [3.05, 3.63) is 95.2 Å². The number of rotatable bonds is 4. The second-order valence-corrected chi connectivity index (χ2v) is 9.53. The molecule has 1 aliphatic rings. The van der Waals surface area contributed by atoms with Gasteiger partial charge in [0.2, 0.25) is 0 Å². The zero-order valence-corrected chi connectivity index (χ0v) is 20.5. The zero-order chi connectivity index (χ0) is 24.5. The lowest BCUT2D eigenvalue weighted by Gasteiger charge is -2.34. The summed E-state index contributed by atoms with van der Waals surface area (Å²) in [5.74, 6) is -0.0491. The standard InChI is InChI=1S/C30H31N3O2/c1-20-15-16-24(22-10-5-4-6-11-22)28(21(20)2)30(35)33-17-9-12-23(18-33)31-29(34)26-19-32(3)27-14-8-7-13-25(26)27/h4-8,10-11,13-16,19,23H,9,12,17-18H2,1-3H3,(H,31,34)/t23-/m1/s1. The van der Waals surface area contributed by atoms with Crippen LogP contribution < -0.4 is 5.32 Å². The number of aryl methyl sites for hydroxylation is 2. The number of hydrogen-bond acceptors (Lipinski definition) is 2. The minimum atomic E-state index is -0.0854. The number of carbonyl (C=O) groups is 2. The summed E-state index contributed by atoms with van der Waals surface area (Å²) in [6, 6.07) is 22.1. The molecule has 5 nitrogen and oxygen atoms in total. The van der Waals surface area contributed by atoms with Gasteiger partial charge in [-0.3, -0.25) is 9.59 Å². The summed E-state index contributed by atoms with van der Waals surface area (Å²) in [5, 5.41) is 4.15. The Morgan fingerprint density at radius 3 is 2.49 bits per heavy atom. The molecule has 3 aromatic carbocycles. The van der Waals surface area contributed by atoms with Gasteiger partial charge >= 0.3 is 0 Å². The Balaban J connectivity index is 1.38. The van der Waals surface area contributed by atoms with Gasteiger partial charge in [0.1, 0.15) is 0 Å². The van der Waals surface area contributed by atoms with Gasteiger partial charge in [0, 0.05) is 43.3 Å². The van der Waals surface area contributed by atoms with Gasteiger partial charge < -0.3 is 14.8 Å². The zero-order valence-electron chi connectivity index (χ0n) is 20.5. The molecule has 0 spiro atoms. The lowest BCUT2D eigenvalue weighted by molar-refractivity contribution is 0.0676. The van der Waals surface area contributed by atoms with Crippen molar-refractivity contribution in [1.29, 1.82) is 0 Å². The van der Waals surface area contributed by atoms with Crippen molar-refractivity contribution in [3.8, 4) is 11.1 Å². The van der Waals surface area contributed by atoms with Gasteiger partial charge in [0.05, 0.1) is 11.1 Å². The van der Waals surface area contributed by atoms with E-state index in [0.717, 1.165) is 51.6 Å². The first-order valence-electron chi connectivity index (χ1n) is 12.2. The number of likely N-dealkylation sites (tertiary alicyclic amines) is 1. The molecular weight excluding hydrogens is 434 g/mol. The summed E-state index contributed by atoms with van der Waals surface area (Å²) in [6.45, 7) is 5.28. The van der Waals surface area contributed by atoms with Gasteiger partial charge in [0.15, 0.2) is 0 Å². The van der Waals surface area contributed by atoms with E-state index in [-0.39, 0.29) is 17.9 Å². The van der Waals surface area contributed by atoms with Crippen molar-refractivity contribution in [3.63, 3.8) is 0 Å². The summed E-state index contributed by atoms with van der Waals surface area (Å²) in [7, 11) is 1.95. The van der Waals surface area contributed by atoms with E-state index < -0.39 is 0 Å². The highest BCUT2D eigenvalue weighted by atomic mass is 16.2. The van der Waals surface area contributed by atoms with E-state index >= 15 is 0 Å². The summed E-state index contributed by atoms with van der Waals surface area (Å²) >= 11 is 0. The molecule has 2 heterocycles. The molecule has 0 saturated carbocycles. The molecule has 0 radical (unpaired) electrons. The van der Waals surface area contributed by atoms with Crippen molar-refractivity contribution in [1.82, 2.24) is 14.8 Å².